The average Bonchev–Trinajstić information content (AvgIpc) is 2.97. The Labute approximate surface area is 136 Å². The molecule has 0 bridgehead atoms. The van der Waals surface area contributed by atoms with E-state index in [2.05, 4.69) is 6.92 Å². The van der Waals surface area contributed by atoms with Crippen LogP contribution in [-0.2, 0) is 10.2 Å². The van der Waals surface area contributed by atoms with Crippen LogP contribution in [-0.4, -0.2) is 42.7 Å². The first-order valence-corrected chi connectivity index (χ1v) is 10.7. The molecule has 2 saturated heterocycles. The van der Waals surface area contributed by atoms with Crippen molar-refractivity contribution in [3.8, 4) is 0 Å². The van der Waals surface area contributed by atoms with Crippen molar-refractivity contribution in [2.24, 2.45) is 11.8 Å². The summed E-state index contributed by atoms with van der Waals surface area (Å²) in [6, 6.07) is 0.269. The molecular weight excluding hydrogens is 296 g/mol. The van der Waals surface area contributed by atoms with E-state index in [0.29, 0.717) is 5.92 Å². The highest BCUT2D eigenvalue weighted by Gasteiger charge is 2.40. The Bertz CT molecular complexity index is 459. The molecule has 0 N–H and O–H groups in total. The van der Waals surface area contributed by atoms with Gasteiger partial charge in [0.05, 0.1) is 0 Å². The van der Waals surface area contributed by atoms with Crippen molar-refractivity contribution in [3.63, 3.8) is 0 Å². The maximum Gasteiger partial charge on any atom is 0.282 e. The number of piperidine rings is 1. The summed E-state index contributed by atoms with van der Waals surface area (Å²) in [6.07, 6.45) is 12.1. The van der Waals surface area contributed by atoms with Gasteiger partial charge in [0.15, 0.2) is 0 Å². The van der Waals surface area contributed by atoms with Gasteiger partial charge in [-0.2, -0.15) is 17.0 Å². The van der Waals surface area contributed by atoms with E-state index in [9.17, 15) is 8.42 Å². The minimum atomic E-state index is -3.23. The lowest BCUT2D eigenvalue weighted by Crippen LogP contribution is -2.49. The van der Waals surface area contributed by atoms with Crippen LogP contribution in [0.5, 0.6) is 0 Å². The monoisotopic (exact) mass is 328 g/mol. The van der Waals surface area contributed by atoms with Gasteiger partial charge in [0.1, 0.15) is 0 Å². The summed E-state index contributed by atoms with van der Waals surface area (Å²) >= 11 is 0. The third-order valence-electron chi connectivity index (χ3n) is 5.90. The van der Waals surface area contributed by atoms with E-state index in [4.69, 9.17) is 0 Å². The van der Waals surface area contributed by atoms with E-state index in [1.165, 1.54) is 32.1 Å². The molecule has 0 spiro atoms. The van der Waals surface area contributed by atoms with Crippen LogP contribution in [0, 0.1) is 11.8 Å². The predicted octanol–water partition coefficient (Wildman–Crippen LogP) is 3.40. The standard InChI is InChI=1S/C17H32N2O2S/c1-15-7-5-11-18(14-15)22(20,21)19-12-6-10-17(19)13-16-8-3-2-4-9-16/h15-17H,2-14H2,1H3/t15-,17+/m1/s1. The van der Waals surface area contributed by atoms with Gasteiger partial charge in [-0.15, -0.1) is 0 Å². The zero-order valence-corrected chi connectivity index (χ0v) is 14.9. The van der Waals surface area contributed by atoms with Gasteiger partial charge in [0.25, 0.3) is 10.2 Å². The molecule has 1 aliphatic carbocycles. The van der Waals surface area contributed by atoms with Crippen LogP contribution in [0.2, 0.25) is 0 Å². The molecule has 3 fully saturated rings. The maximum atomic E-state index is 13.0. The lowest BCUT2D eigenvalue weighted by molar-refractivity contribution is 0.232. The molecular formula is C17H32N2O2S. The summed E-state index contributed by atoms with van der Waals surface area (Å²) in [5.41, 5.74) is 0. The van der Waals surface area contributed by atoms with Crippen molar-refractivity contribution in [3.05, 3.63) is 0 Å². The Balaban J connectivity index is 1.65. The molecule has 0 aromatic heterocycles. The SMILES string of the molecule is C[C@@H]1CCCN(S(=O)(=O)N2CCC[C@H]2CC2CCCCC2)C1. The molecule has 2 atom stereocenters. The summed E-state index contributed by atoms with van der Waals surface area (Å²) in [6.45, 7) is 4.35. The van der Waals surface area contributed by atoms with E-state index in [1.807, 2.05) is 4.31 Å². The van der Waals surface area contributed by atoms with Gasteiger partial charge in [-0.05, 0) is 43.9 Å². The second kappa shape index (κ2) is 7.18. The van der Waals surface area contributed by atoms with E-state index in [0.717, 1.165) is 57.7 Å². The van der Waals surface area contributed by atoms with Gasteiger partial charge < -0.3 is 0 Å². The molecule has 0 aromatic rings. The minimum Gasteiger partial charge on any atom is -0.195 e. The van der Waals surface area contributed by atoms with E-state index in [1.54, 1.807) is 4.31 Å². The normalized spacial score (nSPS) is 33.3. The van der Waals surface area contributed by atoms with Crippen LogP contribution in [0.1, 0.15) is 71.1 Å². The minimum absolute atomic E-state index is 0.269. The molecule has 2 heterocycles. The topological polar surface area (TPSA) is 40.6 Å². The summed E-state index contributed by atoms with van der Waals surface area (Å²) in [4.78, 5) is 0. The molecule has 0 unspecified atom stereocenters. The fraction of sp³-hybridized carbons (Fsp3) is 1.00. The van der Waals surface area contributed by atoms with Crippen molar-refractivity contribution in [2.45, 2.75) is 77.2 Å². The van der Waals surface area contributed by atoms with E-state index < -0.39 is 10.2 Å². The zero-order valence-electron chi connectivity index (χ0n) is 14.0. The second-order valence-corrected chi connectivity index (χ2v) is 9.64. The smallest absolute Gasteiger partial charge is 0.195 e. The molecule has 5 heteroatoms. The Morgan fingerprint density at radius 3 is 2.36 bits per heavy atom. The summed E-state index contributed by atoms with van der Waals surface area (Å²) < 4.78 is 29.7. The highest BCUT2D eigenvalue weighted by Crippen LogP contribution is 2.34. The van der Waals surface area contributed by atoms with Crippen molar-refractivity contribution >= 4 is 10.2 Å². The predicted molar refractivity (Wildman–Crippen MR) is 89.8 cm³/mol. The highest BCUT2D eigenvalue weighted by atomic mass is 32.2. The molecule has 1 saturated carbocycles. The van der Waals surface area contributed by atoms with Crippen molar-refractivity contribution in [1.82, 2.24) is 8.61 Å². The molecule has 4 nitrogen and oxygen atoms in total. The first-order chi connectivity index (χ1) is 10.6. The van der Waals surface area contributed by atoms with Crippen molar-refractivity contribution < 1.29 is 8.42 Å². The molecule has 0 aromatic carbocycles. The third-order valence-corrected chi connectivity index (χ3v) is 7.95. The van der Waals surface area contributed by atoms with Gasteiger partial charge in [-0.25, -0.2) is 0 Å². The Morgan fingerprint density at radius 1 is 0.909 bits per heavy atom. The van der Waals surface area contributed by atoms with Crippen LogP contribution in [0.25, 0.3) is 0 Å². The number of nitrogens with zero attached hydrogens (tertiary/aromatic N) is 2. The Morgan fingerprint density at radius 2 is 1.64 bits per heavy atom. The first-order valence-electron chi connectivity index (χ1n) is 9.34. The van der Waals surface area contributed by atoms with E-state index >= 15 is 0 Å². The number of hydrogen-bond acceptors (Lipinski definition) is 2. The third kappa shape index (κ3) is 3.68. The fourth-order valence-electron chi connectivity index (χ4n) is 4.66. The largest absolute Gasteiger partial charge is 0.282 e. The lowest BCUT2D eigenvalue weighted by atomic mass is 9.84. The molecule has 0 radical (unpaired) electrons. The van der Waals surface area contributed by atoms with Gasteiger partial charge in [-0.1, -0.05) is 39.0 Å². The van der Waals surface area contributed by atoms with Crippen molar-refractivity contribution in [2.75, 3.05) is 19.6 Å². The summed E-state index contributed by atoms with van der Waals surface area (Å²) in [5.74, 6) is 1.26. The van der Waals surface area contributed by atoms with Crippen LogP contribution >= 0.6 is 0 Å². The van der Waals surface area contributed by atoms with E-state index in [-0.39, 0.29) is 6.04 Å². The quantitative estimate of drug-likeness (QED) is 0.793. The van der Waals surface area contributed by atoms with Crippen LogP contribution in [0.3, 0.4) is 0 Å². The van der Waals surface area contributed by atoms with Crippen LogP contribution in [0.4, 0.5) is 0 Å². The van der Waals surface area contributed by atoms with Gasteiger partial charge >= 0.3 is 0 Å². The summed E-state index contributed by atoms with van der Waals surface area (Å²) in [7, 11) is -3.23. The maximum absolute atomic E-state index is 13.0. The second-order valence-electron chi connectivity index (χ2n) is 7.76. The molecule has 3 rings (SSSR count). The molecule has 3 aliphatic rings. The first kappa shape index (κ1) is 16.7. The molecule has 0 amide bonds. The Kier molecular flexibility index (Phi) is 5.46. The average molecular weight is 329 g/mol. The fourth-order valence-corrected chi connectivity index (χ4v) is 6.69. The zero-order chi connectivity index (χ0) is 15.6. The van der Waals surface area contributed by atoms with Gasteiger partial charge in [-0.3, -0.25) is 0 Å². The summed E-state index contributed by atoms with van der Waals surface area (Å²) in [5, 5.41) is 0. The molecule has 22 heavy (non-hydrogen) atoms. The molecule has 2 aliphatic heterocycles. The lowest BCUT2D eigenvalue weighted by Gasteiger charge is -2.36. The Hall–Kier alpha value is -0.130. The van der Waals surface area contributed by atoms with Gasteiger partial charge in [0.2, 0.25) is 0 Å². The number of rotatable bonds is 4. The van der Waals surface area contributed by atoms with Crippen molar-refractivity contribution in [1.29, 1.82) is 0 Å². The molecule has 128 valence electrons. The van der Waals surface area contributed by atoms with Gasteiger partial charge in [0, 0.05) is 25.7 Å². The number of hydrogen-bond donors (Lipinski definition) is 0. The highest BCUT2D eigenvalue weighted by molar-refractivity contribution is 7.86. The van der Waals surface area contributed by atoms with Crippen LogP contribution in [0.15, 0.2) is 0 Å². The van der Waals surface area contributed by atoms with Crippen LogP contribution < -0.4 is 0 Å².